The van der Waals surface area contributed by atoms with Gasteiger partial charge in [-0.3, -0.25) is 9.55 Å². The predicted octanol–water partition coefficient (Wildman–Crippen LogP) is 15.9. The molecule has 4 heterocycles. The van der Waals surface area contributed by atoms with Gasteiger partial charge in [-0.1, -0.05) is 113 Å². The Morgan fingerprint density at radius 3 is 1.66 bits per heavy atom. The lowest BCUT2D eigenvalue weighted by atomic mass is 9.85. The van der Waals surface area contributed by atoms with Crippen LogP contribution in [0.25, 0.3) is 88.3 Å². The molecule has 2 saturated carbocycles. The molecule has 0 unspecified atom stereocenters. The quantitative estimate of drug-likeness (QED) is 0.174. The van der Waals surface area contributed by atoms with Crippen molar-refractivity contribution in [1.82, 2.24) is 19.1 Å². The number of nitrogens with zero attached hydrogens (tertiary/aromatic N) is 4. The van der Waals surface area contributed by atoms with E-state index in [9.17, 15) is 0 Å². The highest BCUT2D eigenvalue weighted by Gasteiger charge is 2.23. The lowest BCUT2D eigenvalue weighted by Crippen LogP contribution is -2.03. The van der Waals surface area contributed by atoms with Gasteiger partial charge in [0.1, 0.15) is 11.2 Å². The van der Waals surface area contributed by atoms with Crippen LogP contribution >= 0.6 is 0 Å². The Balaban J connectivity index is 1.10. The van der Waals surface area contributed by atoms with Crippen LogP contribution in [0.5, 0.6) is 0 Å². The molecule has 0 atom stereocenters. The maximum atomic E-state index is 6.19. The van der Waals surface area contributed by atoms with Gasteiger partial charge in [-0.2, -0.15) is 0 Å². The first-order valence-corrected chi connectivity index (χ1v) is 23.1. The molecule has 0 amide bonds. The average Bonchev–Trinajstić information content (AvgIpc) is 3.92. The van der Waals surface area contributed by atoms with Gasteiger partial charge in [0.15, 0.2) is 5.82 Å². The summed E-state index contributed by atoms with van der Waals surface area (Å²) in [6.07, 6.45) is 22.4. The van der Waals surface area contributed by atoms with Crippen LogP contribution in [0.15, 0.2) is 138 Å². The zero-order chi connectivity index (χ0) is 40.3. The van der Waals surface area contributed by atoms with Crippen molar-refractivity contribution in [1.29, 1.82) is 0 Å². The molecule has 2 aliphatic carbocycles. The standard InChI is InChI=1S/C56H52N4O/c1-3-8-16-37(17-9-4-1)39-24-27-50-44(30-39)46-34-53-47(33-52(46)59(50)42-20-12-7-13-21-42)45-31-40(38-18-10-5-2-6-11-19-38)25-28-51(45)60(53)56-36-57-35-49(58-56)41-26-29-55-48(32-41)43-22-14-15-23-54(43)61-55/h7,12-15,20-38H,1-6,8-11,16-19H2. The molecule has 61 heavy (non-hydrogen) atoms. The zero-order valence-corrected chi connectivity index (χ0v) is 35.0. The Morgan fingerprint density at radius 2 is 0.984 bits per heavy atom. The molecule has 12 rings (SSSR count). The van der Waals surface area contributed by atoms with E-state index < -0.39 is 0 Å². The number of hydrogen-bond donors (Lipinski definition) is 0. The van der Waals surface area contributed by atoms with Gasteiger partial charge in [0.05, 0.1) is 40.2 Å². The molecule has 0 aliphatic heterocycles. The molecule has 5 heteroatoms. The van der Waals surface area contributed by atoms with Crippen LogP contribution in [0, 0.1) is 0 Å². The Labute approximate surface area is 357 Å². The van der Waals surface area contributed by atoms with Gasteiger partial charge in [0.2, 0.25) is 0 Å². The molecule has 2 aliphatic rings. The van der Waals surface area contributed by atoms with Crippen molar-refractivity contribution in [2.24, 2.45) is 0 Å². The average molecular weight is 797 g/mol. The number of benzene rings is 6. The fourth-order valence-electron chi connectivity index (χ4n) is 11.2. The smallest absolute Gasteiger partial charge is 0.156 e. The topological polar surface area (TPSA) is 48.8 Å². The van der Waals surface area contributed by atoms with Gasteiger partial charge >= 0.3 is 0 Å². The monoisotopic (exact) mass is 796 g/mol. The first-order chi connectivity index (χ1) is 30.2. The van der Waals surface area contributed by atoms with Crippen molar-refractivity contribution in [2.45, 2.75) is 102 Å². The van der Waals surface area contributed by atoms with Crippen LogP contribution in [-0.4, -0.2) is 19.1 Å². The van der Waals surface area contributed by atoms with Crippen LogP contribution in [0.4, 0.5) is 0 Å². The molecule has 0 radical (unpaired) electrons. The number of furan rings is 1. The summed E-state index contributed by atoms with van der Waals surface area (Å²) in [5, 5.41) is 7.36. The normalized spacial score (nSPS) is 16.5. The Kier molecular flexibility index (Phi) is 9.23. The van der Waals surface area contributed by atoms with Gasteiger partial charge < -0.3 is 8.98 Å². The molecule has 6 aromatic carbocycles. The molecule has 5 nitrogen and oxygen atoms in total. The summed E-state index contributed by atoms with van der Waals surface area (Å²) < 4.78 is 11.1. The van der Waals surface area contributed by atoms with Crippen molar-refractivity contribution in [2.75, 3.05) is 0 Å². The number of fused-ring (bicyclic) bond motifs is 9. The van der Waals surface area contributed by atoms with E-state index in [-0.39, 0.29) is 0 Å². The Morgan fingerprint density at radius 1 is 0.426 bits per heavy atom. The molecule has 10 aromatic rings. The van der Waals surface area contributed by atoms with Crippen LogP contribution in [-0.2, 0) is 0 Å². The fourth-order valence-corrected chi connectivity index (χ4v) is 11.2. The highest BCUT2D eigenvalue weighted by molar-refractivity contribution is 6.19. The molecule has 2 fully saturated rings. The van der Waals surface area contributed by atoms with Gasteiger partial charge in [-0.15, -0.1) is 0 Å². The van der Waals surface area contributed by atoms with E-state index in [2.05, 4.69) is 118 Å². The Bertz CT molecular complexity index is 3220. The van der Waals surface area contributed by atoms with E-state index in [1.807, 2.05) is 24.5 Å². The summed E-state index contributed by atoms with van der Waals surface area (Å²) in [6, 6.07) is 45.3. The molecular formula is C56H52N4O. The van der Waals surface area contributed by atoms with Gasteiger partial charge in [0.25, 0.3) is 0 Å². The lowest BCUT2D eigenvalue weighted by molar-refractivity contribution is 0.456. The van der Waals surface area contributed by atoms with Crippen LogP contribution in [0.2, 0.25) is 0 Å². The van der Waals surface area contributed by atoms with E-state index in [1.165, 1.54) is 150 Å². The summed E-state index contributed by atoms with van der Waals surface area (Å²) in [5.74, 6) is 2.03. The number of aromatic nitrogens is 4. The molecule has 0 spiro atoms. The van der Waals surface area contributed by atoms with Crippen LogP contribution in [0.1, 0.15) is 113 Å². The molecular weight excluding hydrogens is 745 g/mol. The molecule has 302 valence electrons. The van der Waals surface area contributed by atoms with Crippen molar-refractivity contribution in [3.8, 4) is 22.8 Å². The molecule has 4 aromatic heterocycles. The van der Waals surface area contributed by atoms with Gasteiger partial charge in [0, 0.05) is 43.6 Å². The SMILES string of the molecule is c1ccc(-n2c3ccc(C4CCCCCCC4)cc3c3cc4c(cc32)c2cc(C3CCCCCCC3)ccc2n4-c2cncc(-c3ccc4oc5ccccc5c4c3)n2)cc1. The highest BCUT2D eigenvalue weighted by Crippen LogP contribution is 2.43. The first-order valence-electron chi connectivity index (χ1n) is 23.1. The van der Waals surface area contributed by atoms with E-state index >= 15 is 0 Å². The van der Waals surface area contributed by atoms with E-state index in [1.54, 1.807) is 0 Å². The third-order valence-electron chi connectivity index (χ3n) is 14.4. The second-order valence-corrected chi connectivity index (χ2v) is 18.1. The first kappa shape index (κ1) is 36.6. The van der Waals surface area contributed by atoms with Crippen molar-refractivity contribution >= 4 is 65.6 Å². The van der Waals surface area contributed by atoms with Gasteiger partial charge in [-0.25, -0.2) is 4.98 Å². The van der Waals surface area contributed by atoms with Gasteiger partial charge in [-0.05, 0) is 121 Å². The summed E-state index contributed by atoms with van der Waals surface area (Å²) in [7, 11) is 0. The van der Waals surface area contributed by atoms with E-state index in [4.69, 9.17) is 14.4 Å². The molecule has 0 saturated heterocycles. The molecule has 0 N–H and O–H groups in total. The van der Waals surface area contributed by atoms with Crippen LogP contribution in [0.3, 0.4) is 0 Å². The summed E-state index contributed by atoms with van der Waals surface area (Å²) in [5.41, 5.74) is 12.7. The summed E-state index contributed by atoms with van der Waals surface area (Å²) in [6.45, 7) is 0. The minimum atomic E-state index is 0.589. The lowest BCUT2D eigenvalue weighted by Gasteiger charge is -2.20. The van der Waals surface area contributed by atoms with E-state index in [0.29, 0.717) is 11.8 Å². The van der Waals surface area contributed by atoms with E-state index in [0.717, 1.165) is 39.0 Å². The summed E-state index contributed by atoms with van der Waals surface area (Å²) in [4.78, 5) is 10.3. The number of rotatable bonds is 5. The second kappa shape index (κ2) is 15.4. The molecule has 0 bridgehead atoms. The van der Waals surface area contributed by atoms with Crippen molar-refractivity contribution < 1.29 is 4.42 Å². The maximum absolute atomic E-state index is 6.19. The fraction of sp³-hybridized carbons (Fsp3) is 0.286. The second-order valence-electron chi connectivity index (χ2n) is 18.1. The van der Waals surface area contributed by atoms with Crippen LogP contribution < -0.4 is 0 Å². The highest BCUT2D eigenvalue weighted by atomic mass is 16.3. The zero-order valence-electron chi connectivity index (χ0n) is 35.0. The summed E-state index contributed by atoms with van der Waals surface area (Å²) >= 11 is 0. The minimum Gasteiger partial charge on any atom is -0.456 e. The number of hydrogen-bond acceptors (Lipinski definition) is 3. The third kappa shape index (κ3) is 6.43. The Hall–Kier alpha value is -6.20. The van der Waals surface area contributed by atoms with Crippen molar-refractivity contribution in [3.63, 3.8) is 0 Å². The van der Waals surface area contributed by atoms with Crippen molar-refractivity contribution in [3.05, 3.63) is 145 Å². The third-order valence-corrected chi connectivity index (χ3v) is 14.4. The minimum absolute atomic E-state index is 0.589. The largest absolute Gasteiger partial charge is 0.456 e. The maximum Gasteiger partial charge on any atom is 0.156 e. The predicted molar refractivity (Wildman–Crippen MR) is 254 cm³/mol. The number of para-hydroxylation sites is 2.